The van der Waals surface area contributed by atoms with E-state index in [1.165, 1.54) is 0 Å². The van der Waals surface area contributed by atoms with Crippen LogP contribution in [0.3, 0.4) is 0 Å². The number of anilines is 2. The van der Waals surface area contributed by atoms with Gasteiger partial charge in [-0.25, -0.2) is 0 Å². The minimum absolute atomic E-state index is 0.262. The smallest absolute Gasteiger partial charge is 0.163 e. The summed E-state index contributed by atoms with van der Waals surface area (Å²) in [6, 6.07) is 35.4. The highest BCUT2D eigenvalue weighted by Crippen LogP contribution is 2.24. The van der Waals surface area contributed by atoms with Crippen LogP contribution in [0.4, 0.5) is 11.4 Å². The van der Waals surface area contributed by atoms with Gasteiger partial charge < -0.3 is 24.4 Å². The Morgan fingerprint density at radius 1 is 0.535 bits per heavy atom. The number of benzene rings is 4. The number of nitrogens with one attached hydrogen (secondary N) is 2. The number of hydrogen-bond donors (Lipinski definition) is 2. The van der Waals surface area contributed by atoms with Gasteiger partial charge in [0.15, 0.2) is 11.5 Å². The molecule has 2 aromatic heterocycles. The largest absolute Gasteiger partial charge is 0.381 e. The third-order valence-electron chi connectivity index (χ3n) is 6.79. The van der Waals surface area contributed by atoms with Crippen molar-refractivity contribution in [3.8, 4) is 22.5 Å². The Balaban J connectivity index is 0.958. The standard InChI is InChI=1S/C34H28Cl2N4O3/c35-27-9-1-23(2-10-27)19-37-29-13-5-25(6-14-29)33-17-31(42-39-33)21-41-22-32-18-34(40-43-32)26-7-15-30(16-8-26)38-20-24-3-11-28(36)12-4-24/h1-18,37-38H,19-22H2. The Hall–Kier alpha value is -4.56. The lowest BCUT2D eigenvalue weighted by atomic mass is 10.1. The SMILES string of the molecule is Clc1ccc(CNc2ccc(-c3cc(COCc4cc(-c5ccc(NCc6ccc(Cl)cc6)cc5)no4)on3)cc2)cc1. The summed E-state index contributed by atoms with van der Waals surface area (Å²) in [6.45, 7) is 1.95. The lowest BCUT2D eigenvalue weighted by molar-refractivity contribution is 0.0727. The van der Waals surface area contributed by atoms with Crippen LogP contribution in [0.1, 0.15) is 22.6 Å². The molecule has 6 rings (SSSR count). The van der Waals surface area contributed by atoms with E-state index in [9.17, 15) is 0 Å². The van der Waals surface area contributed by atoms with Gasteiger partial charge in [-0.05, 0) is 59.7 Å². The van der Waals surface area contributed by atoms with Crippen LogP contribution in [-0.4, -0.2) is 10.3 Å². The minimum Gasteiger partial charge on any atom is -0.381 e. The lowest BCUT2D eigenvalue weighted by Gasteiger charge is -2.07. The molecule has 0 aliphatic rings. The first kappa shape index (κ1) is 28.6. The van der Waals surface area contributed by atoms with Crippen LogP contribution < -0.4 is 10.6 Å². The maximum Gasteiger partial charge on any atom is 0.163 e. The lowest BCUT2D eigenvalue weighted by Crippen LogP contribution is -1.98. The molecule has 9 heteroatoms. The Morgan fingerprint density at radius 3 is 1.33 bits per heavy atom. The average molecular weight is 612 g/mol. The van der Waals surface area contributed by atoms with E-state index in [0.29, 0.717) is 24.6 Å². The van der Waals surface area contributed by atoms with Gasteiger partial charge in [0.25, 0.3) is 0 Å². The van der Waals surface area contributed by atoms with E-state index in [1.54, 1.807) is 0 Å². The molecule has 0 aliphatic heterocycles. The normalized spacial score (nSPS) is 11.0. The van der Waals surface area contributed by atoms with Crippen LogP contribution in [0.5, 0.6) is 0 Å². The van der Waals surface area contributed by atoms with Crippen LogP contribution in [0.25, 0.3) is 22.5 Å². The number of aromatic nitrogens is 2. The van der Waals surface area contributed by atoms with E-state index in [1.807, 2.05) is 109 Å². The summed E-state index contributed by atoms with van der Waals surface area (Å²) in [5.41, 5.74) is 7.75. The second-order valence-corrected chi connectivity index (χ2v) is 10.8. The molecule has 7 nitrogen and oxygen atoms in total. The van der Waals surface area contributed by atoms with E-state index in [2.05, 4.69) is 20.9 Å². The molecule has 0 saturated heterocycles. The van der Waals surface area contributed by atoms with Crippen molar-refractivity contribution in [2.75, 3.05) is 10.6 Å². The second kappa shape index (κ2) is 13.6. The fourth-order valence-electron chi connectivity index (χ4n) is 4.42. The van der Waals surface area contributed by atoms with Gasteiger partial charge in [-0.1, -0.05) is 82.0 Å². The molecule has 0 unspecified atom stereocenters. The van der Waals surface area contributed by atoms with E-state index in [-0.39, 0.29) is 13.2 Å². The van der Waals surface area contributed by atoms with Crippen molar-refractivity contribution in [2.45, 2.75) is 26.3 Å². The molecule has 43 heavy (non-hydrogen) atoms. The summed E-state index contributed by atoms with van der Waals surface area (Å²) < 4.78 is 16.8. The van der Waals surface area contributed by atoms with Gasteiger partial charge in [0.2, 0.25) is 0 Å². The zero-order valence-corrected chi connectivity index (χ0v) is 24.6. The Bertz CT molecular complexity index is 1620. The van der Waals surface area contributed by atoms with Gasteiger partial charge >= 0.3 is 0 Å². The highest BCUT2D eigenvalue weighted by molar-refractivity contribution is 6.30. The number of nitrogens with zero attached hydrogens (tertiary/aromatic N) is 2. The minimum atomic E-state index is 0.262. The van der Waals surface area contributed by atoms with Gasteiger partial charge in [0.05, 0.1) is 0 Å². The predicted octanol–water partition coefficient (Wildman–Crippen LogP) is 9.24. The molecular weight excluding hydrogens is 583 g/mol. The molecular formula is C34H28Cl2N4O3. The van der Waals surface area contributed by atoms with Crippen LogP contribution >= 0.6 is 23.2 Å². The van der Waals surface area contributed by atoms with Gasteiger partial charge in [0.1, 0.15) is 24.6 Å². The van der Waals surface area contributed by atoms with Crippen molar-refractivity contribution in [3.63, 3.8) is 0 Å². The monoisotopic (exact) mass is 610 g/mol. The highest BCUT2D eigenvalue weighted by Gasteiger charge is 2.10. The molecule has 0 saturated carbocycles. The first-order valence-corrected chi connectivity index (χ1v) is 14.5. The first-order valence-electron chi connectivity index (χ1n) is 13.7. The zero-order chi connectivity index (χ0) is 29.4. The van der Waals surface area contributed by atoms with Gasteiger partial charge in [-0.3, -0.25) is 0 Å². The van der Waals surface area contributed by atoms with Crippen LogP contribution in [0, 0.1) is 0 Å². The zero-order valence-electron chi connectivity index (χ0n) is 23.1. The molecule has 4 aromatic carbocycles. The van der Waals surface area contributed by atoms with E-state index in [4.69, 9.17) is 37.0 Å². The molecule has 0 aliphatic carbocycles. The van der Waals surface area contributed by atoms with Gasteiger partial charge in [0, 0.05) is 57.8 Å². The van der Waals surface area contributed by atoms with Crippen molar-refractivity contribution in [1.29, 1.82) is 0 Å². The predicted molar refractivity (Wildman–Crippen MR) is 170 cm³/mol. The molecule has 0 atom stereocenters. The molecule has 216 valence electrons. The topological polar surface area (TPSA) is 85.4 Å². The summed E-state index contributed by atoms with van der Waals surface area (Å²) in [7, 11) is 0. The van der Waals surface area contributed by atoms with Crippen LogP contribution in [0.2, 0.25) is 10.0 Å². The second-order valence-electron chi connectivity index (χ2n) is 9.96. The molecule has 0 bridgehead atoms. The molecule has 0 radical (unpaired) electrons. The Labute approximate surface area is 259 Å². The van der Waals surface area contributed by atoms with Gasteiger partial charge in [-0.2, -0.15) is 0 Å². The summed E-state index contributed by atoms with van der Waals surface area (Å²) in [5.74, 6) is 1.25. The highest BCUT2D eigenvalue weighted by atomic mass is 35.5. The summed E-state index contributed by atoms with van der Waals surface area (Å²) in [6.07, 6.45) is 0. The fraction of sp³-hybridized carbons (Fsp3) is 0.118. The van der Waals surface area contributed by atoms with Crippen molar-refractivity contribution in [2.24, 2.45) is 0 Å². The van der Waals surface area contributed by atoms with Gasteiger partial charge in [-0.15, -0.1) is 0 Å². The number of hydrogen-bond acceptors (Lipinski definition) is 7. The average Bonchev–Trinajstić information content (AvgIpc) is 3.72. The summed E-state index contributed by atoms with van der Waals surface area (Å²) >= 11 is 11.9. The maximum absolute atomic E-state index is 5.96. The van der Waals surface area contributed by atoms with E-state index in [0.717, 1.165) is 55.1 Å². The van der Waals surface area contributed by atoms with Crippen molar-refractivity contribution < 1.29 is 13.8 Å². The summed E-state index contributed by atoms with van der Waals surface area (Å²) in [5, 5.41) is 16.7. The van der Waals surface area contributed by atoms with Crippen molar-refractivity contribution >= 4 is 34.6 Å². The fourth-order valence-corrected chi connectivity index (χ4v) is 4.67. The Kier molecular flexibility index (Phi) is 9.04. The number of rotatable bonds is 12. The first-order chi connectivity index (χ1) is 21.1. The maximum atomic E-state index is 5.96. The molecule has 0 fully saturated rings. The van der Waals surface area contributed by atoms with Crippen LogP contribution in [0.15, 0.2) is 118 Å². The molecule has 6 aromatic rings. The third kappa shape index (κ3) is 7.84. The van der Waals surface area contributed by atoms with E-state index < -0.39 is 0 Å². The van der Waals surface area contributed by atoms with Crippen molar-refractivity contribution in [1.82, 2.24) is 10.3 Å². The van der Waals surface area contributed by atoms with E-state index >= 15 is 0 Å². The van der Waals surface area contributed by atoms with Crippen LogP contribution in [-0.2, 0) is 31.0 Å². The number of halogens is 2. The molecule has 2 heterocycles. The molecule has 0 amide bonds. The van der Waals surface area contributed by atoms with Crippen molar-refractivity contribution in [3.05, 3.63) is 142 Å². The quantitative estimate of drug-likeness (QED) is 0.143. The molecule has 2 N–H and O–H groups in total. The number of ether oxygens (including phenoxy) is 1. The summed E-state index contributed by atoms with van der Waals surface area (Å²) in [4.78, 5) is 0. The third-order valence-corrected chi connectivity index (χ3v) is 7.29. The Morgan fingerprint density at radius 2 is 0.930 bits per heavy atom. The molecule has 0 spiro atoms.